The number of hydrogen-bond acceptors (Lipinski definition) is 3. The molecule has 0 saturated heterocycles. The number of benzene rings is 1. The maximum atomic E-state index is 9.29. The zero-order valence-corrected chi connectivity index (χ0v) is 10.8. The van der Waals surface area contributed by atoms with Gasteiger partial charge in [0.25, 0.3) is 0 Å². The fourth-order valence-corrected chi connectivity index (χ4v) is 1.94. The maximum Gasteiger partial charge on any atom is 0.0721 e. The van der Waals surface area contributed by atoms with Gasteiger partial charge in [-0.15, -0.1) is 0 Å². The first-order chi connectivity index (χ1) is 8.22. The molecule has 0 amide bonds. The Morgan fingerprint density at radius 2 is 2.06 bits per heavy atom. The van der Waals surface area contributed by atoms with Crippen molar-refractivity contribution in [2.75, 3.05) is 13.2 Å². The Hall–Kier alpha value is -0.610. The van der Waals surface area contributed by atoms with Crippen LogP contribution in [0.3, 0.4) is 0 Å². The second kappa shape index (κ2) is 7.67. The van der Waals surface area contributed by atoms with Crippen molar-refractivity contribution in [2.24, 2.45) is 0 Å². The number of ether oxygens (including phenoxy) is 1. The largest absolute Gasteiger partial charge is 0.396 e. The van der Waals surface area contributed by atoms with Crippen molar-refractivity contribution in [3.63, 3.8) is 0 Å². The molecule has 4 heteroatoms. The maximum absolute atomic E-state index is 9.29. The molecule has 0 bridgehead atoms. The number of halogens is 1. The SMILES string of the molecule is CCc1cc(Cl)c(CO)c(COCCCO)c1. The molecule has 2 N–H and O–H groups in total. The van der Waals surface area contributed by atoms with E-state index >= 15 is 0 Å². The number of aliphatic hydroxyl groups is 2. The zero-order valence-electron chi connectivity index (χ0n) is 10.1. The van der Waals surface area contributed by atoms with Gasteiger partial charge in [0, 0.05) is 23.8 Å². The topological polar surface area (TPSA) is 49.7 Å². The van der Waals surface area contributed by atoms with Gasteiger partial charge >= 0.3 is 0 Å². The van der Waals surface area contributed by atoms with Gasteiger partial charge in [-0.2, -0.15) is 0 Å². The standard InChI is InChI=1S/C13H19ClO3/c1-2-10-6-11(9-17-5-3-4-15)12(8-16)13(14)7-10/h6-7,15-16H,2-5,8-9H2,1H3. The minimum atomic E-state index is -0.0818. The molecule has 1 rings (SSSR count). The molecule has 0 aliphatic rings. The number of aryl methyl sites for hydroxylation is 1. The van der Waals surface area contributed by atoms with Crippen LogP contribution in [0.25, 0.3) is 0 Å². The summed E-state index contributed by atoms with van der Waals surface area (Å²) in [5, 5.41) is 18.5. The van der Waals surface area contributed by atoms with Crippen LogP contribution in [0.1, 0.15) is 30.0 Å². The molecule has 1 aromatic carbocycles. The molecule has 17 heavy (non-hydrogen) atoms. The third-order valence-corrected chi connectivity index (χ3v) is 2.96. The summed E-state index contributed by atoms with van der Waals surface area (Å²) in [6.07, 6.45) is 1.52. The van der Waals surface area contributed by atoms with Gasteiger partial charge in [0.1, 0.15) is 0 Å². The predicted octanol–water partition coefficient (Wildman–Crippen LogP) is 2.29. The van der Waals surface area contributed by atoms with Gasteiger partial charge in [-0.05, 0) is 30.0 Å². The first kappa shape index (κ1) is 14.5. The van der Waals surface area contributed by atoms with E-state index in [1.807, 2.05) is 12.1 Å². The molecule has 0 heterocycles. The molecule has 0 unspecified atom stereocenters. The Morgan fingerprint density at radius 1 is 1.29 bits per heavy atom. The van der Waals surface area contributed by atoms with Crippen LogP contribution in [-0.2, 0) is 24.4 Å². The van der Waals surface area contributed by atoms with E-state index in [1.54, 1.807) is 0 Å². The quantitative estimate of drug-likeness (QED) is 0.738. The lowest BCUT2D eigenvalue weighted by Crippen LogP contribution is -2.03. The minimum absolute atomic E-state index is 0.0818. The monoisotopic (exact) mass is 258 g/mol. The summed E-state index contributed by atoms with van der Waals surface area (Å²) in [5.41, 5.74) is 2.79. The normalized spacial score (nSPS) is 10.8. The summed E-state index contributed by atoms with van der Waals surface area (Å²) < 4.78 is 5.43. The lowest BCUT2D eigenvalue weighted by atomic mass is 10.0. The molecule has 0 aromatic heterocycles. The van der Waals surface area contributed by atoms with Crippen LogP contribution in [0.5, 0.6) is 0 Å². The molecule has 1 aromatic rings. The van der Waals surface area contributed by atoms with E-state index in [-0.39, 0.29) is 13.2 Å². The lowest BCUT2D eigenvalue weighted by Gasteiger charge is -2.12. The highest BCUT2D eigenvalue weighted by molar-refractivity contribution is 6.31. The molecule has 0 aliphatic carbocycles. The van der Waals surface area contributed by atoms with E-state index in [1.165, 1.54) is 0 Å². The second-order valence-electron chi connectivity index (χ2n) is 3.86. The van der Waals surface area contributed by atoms with Crippen molar-refractivity contribution in [3.05, 3.63) is 33.8 Å². The van der Waals surface area contributed by atoms with Crippen LogP contribution in [0.2, 0.25) is 5.02 Å². The first-order valence-corrected chi connectivity index (χ1v) is 6.20. The zero-order chi connectivity index (χ0) is 12.7. The van der Waals surface area contributed by atoms with Crippen molar-refractivity contribution >= 4 is 11.6 Å². The average molecular weight is 259 g/mol. The summed E-state index contributed by atoms with van der Waals surface area (Å²) in [6, 6.07) is 3.89. The molecule has 0 aliphatic heterocycles. The van der Waals surface area contributed by atoms with Crippen LogP contribution in [0, 0.1) is 0 Å². The van der Waals surface area contributed by atoms with Crippen molar-refractivity contribution in [3.8, 4) is 0 Å². The van der Waals surface area contributed by atoms with Crippen LogP contribution < -0.4 is 0 Å². The summed E-state index contributed by atoms with van der Waals surface area (Å²) in [7, 11) is 0. The van der Waals surface area contributed by atoms with Crippen molar-refractivity contribution < 1.29 is 14.9 Å². The second-order valence-corrected chi connectivity index (χ2v) is 4.26. The van der Waals surface area contributed by atoms with E-state index in [4.69, 9.17) is 21.4 Å². The highest BCUT2D eigenvalue weighted by atomic mass is 35.5. The highest BCUT2D eigenvalue weighted by Gasteiger charge is 2.08. The van der Waals surface area contributed by atoms with Crippen LogP contribution in [0.4, 0.5) is 0 Å². The number of hydrogen-bond donors (Lipinski definition) is 2. The molecule has 0 radical (unpaired) electrons. The summed E-state index contributed by atoms with van der Waals surface area (Å²) in [6.45, 7) is 3.03. The van der Waals surface area contributed by atoms with Gasteiger partial charge in [0.2, 0.25) is 0 Å². The lowest BCUT2D eigenvalue weighted by molar-refractivity contribution is 0.103. The molecule has 0 fully saturated rings. The highest BCUT2D eigenvalue weighted by Crippen LogP contribution is 2.24. The van der Waals surface area contributed by atoms with Gasteiger partial charge in [0.15, 0.2) is 0 Å². The average Bonchev–Trinajstić information content (AvgIpc) is 2.34. The van der Waals surface area contributed by atoms with Crippen molar-refractivity contribution in [1.29, 1.82) is 0 Å². The fraction of sp³-hybridized carbons (Fsp3) is 0.538. The van der Waals surface area contributed by atoms with Gasteiger partial charge < -0.3 is 14.9 Å². The van der Waals surface area contributed by atoms with Crippen LogP contribution >= 0.6 is 11.6 Å². The summed E-state index contributed by atoms with van der Waals surface area (Å²) in [5.74, 6) is 0. The molecular weight excluding hydrogens is 240 g/mol. The van der Waals surface area contributed by atoms with E-state index in [9.17, 15) is 5.11 Å². The Kier molecular flexibility index (Phi) is 6.52. The Labute approximate surface area is 107 Å². The molecular formula is C13H19ClO3. The van der Waals surface area contributed by atoms with E-state index in [0.29, 0.717) is 24.7 Å². The Balaban J connectivity index is 2.76. The fourth-order valence-electron chi connectivity index (χ4n) is 1.61. The summed E-state index contributed by atoms with van der Waals surface area (Å²) in [4.78, 5) is 0. The Bertz CT molecular complexity index is 353. The molecule has 0 spiro atoms. The number of aliphatic hydroxyl groups excluding tert-OH is 2. The van der Waals surface area contributed by atoms with Gasteiger partial charge in [-0.1, -0.05) is 24.6 Å². The van der Waals surface area contributed by atoms with E-state index < -0.39 is 0 Å². The predicted molar refractivity (Wildman–Crippen MR) is 68.1 cm³/mol. The Morgan fingerprint density at radius 3 is 2.65 bits per heavy atom. The van der Waals surface area contributed by atoms with E-state index in [2.05, 4.69) is 6.92 Å². The smallest absolute Gasteiger partial charge is 0.0721 e. The third kappa shape index (κ3) is 4.28. The molecule has 96 valence electrons. The summed E-state index contributed by atoms with van der Waals surface area (Å²) >= 11 is 6.10. The van der Waals surface area contributed by atoms with Crippen molar-refractivity contribution in [1.82, 2.24) is 0 Å². The number of rotatable bonds is 7. The van der Waals surface area contributed by atoms with Gasteiger partial charge in [-0.3, -0.25) is 0 Å². The van der Waals surface area contributed by atoms with Gasteiger partial charge in [0.05, 0.1) is 13.2 Å². The molecule has 3 nitrogen and oxygen atoms in total. The van der Waals surface area contributed by atoms with Crippen LogP contribution in [-0.4, -0.2) is 23.4 Å². The van der Waals surface area contributed by atoms with Crippen LogP contribution in [0.15, 0.2) is 12.1 Å². The minimum Gasteiger partial charge on any atom is -0.396 e. The molecule has 0 saturated carbocycles. The van der Waals surface area contributed by atoms with Gasteiger partial charge in [-0.25, -0.2) is 0 Å². The first-order valence-electron chi connectivity index (χ1n) is 5.82. The molecule has 0 atom stereocenters. The third-order valence-electron chi connectivity index (χ3n) is 2.62. The van der Waals surface area contributed by atoms with E-state index in [0.717, 1.165) is 23.1 Å². The van der Waals surface area contributed by atoms with Crippen molar-refractivity contribution in [2.45, 2.75) is 33.0 Å².